The van der Waals surface area contributed by atoms with Gasteiger partial charge in [0.15, 0.2) is 0 Å². The summed E-state index contributed by atoms with van der Waals surface area (Å²) < 4.78 is 6.12. The van der Waals surface area contributed by atoms with Gasteiger partial charge in [-0.1, -0.05) is 6.07 Å². The number of benzene rings is 1. The van der Waals surface area contributed by atoms with E-state index in [0.29, 0.717) is 11.8 Å². The van der Waals surface area contributed by atoms with Gasteiger partial charge in [0.25, 0.3) is 0 Å². The summed E-state index contributed by atoms with van der Waals surface area (Å²) in [7, 11) is 3.42. The van der Waals surface area contributed by atoms with E-state index >= 15 is 0 Å². The molecule has 0 unspecified atom stereocenters. The van der Waals surface area contributed by atoms with Gasteiger partial charge >= 0.3 is 0 Å². The fraction of sp³-hybridized carbons (Fsp3) is 0.231. The number of rotatable bonds is 4. The zero-order chi connectivity index (χ0) is 13.8. The average Bonchev–Trinajstić information content (AvgIpc) is 2.41. The van der Waals surface area contributed by atoms with Crippen LogP contribution < -0.4 is 15.4 Å². The Hall–Kier alpha value is -1.82. The molecule has 1 aromatic carbocycles. The van der Waals surface area contributed by atoms with Gasteiger partial charge in [0.05, 0.1) is 17.3 Å². The van der Waals surface area contributed by atoms with Crippen molar-refractivity contribution in [2.45, 2.75) is 6.92 Å². The number of hydrogen-bond acceptors (Lipinski definition) is 5. The van der Waals surface area contributed by atoms with Crippen LogP contribution in [0.25, 0.3) is 0 Å². The molecule has 6 heteroatoms. The monoisotopic (exact) mass is 322 g/mol. The number of methoxy groups -OCH3 is 1. The molecule has 0 radical (unpaired) electrons. The van der Waals surface area contributed by atoms with Crippen LogP contribution in [0, 0.1) is 6.92 Å². The Labute approximate surface area is 120 Å². The van der Waals surface area contributed by atoms with Crippen LogP contribution in [-0.4, -0.2) is 24.1 Å². The molecule has 0 saturated heterocycles. The molecule has 100 valence electrons. The summed E-state index contributed by atoms with van der Waals surface area (Å²) in [6.07, 6.45) is 1.70. The Morgan fingerprint density at radius 2 is 2.11 bits per heavy atom. The van der Waals surface area contributed by atoms with E-state index in [-0.39, 0.29) is 0 Å². The van der Waals surface area contributed by atoms with Crippen molar-refractivity contribution in [2.75, 3.05) is 24.8 Å². The third-order valence-corrected chi connectivity index (χ3v) is 3.16. The van der Waals surface area contributed by atoms with Crippen LogP contribution in [0.2, 0.25) is 0 Å². The third-order valence-electron chi connectivity index (χ3n) is 2.58. The molecule has 1 heterocycles. The highest BCUT2D eigenvalue weighted by molar-refractivity contribution is 9.10. The van der Waals surface area contributed by atoms with Crippen LogP contribution >= 0.6 is 15.9 Å². The van der Waals surface area contributed by atoms with Gasteiger partial charge in [-0.2, -0.15) is 4.98 Å². The van der Waals surface area contributed by atoms with Gasteiger partial charge in [0.1, 0.15) is 11.6 Å². The van der Waals surface area contributed by atoms with E-state index in [1.54, 1.807) is 20.4 Å². The number of nitrogens with zero attached hydrogens (tertiary/aromatic N) is 2. The lowest BCUT2D eigenvalue weighted by atomic mass is 10.2. The van der Waals surface area contributed by atoms with Crippen molar-refractivity contribution in [1.29, 1.82) is 0 Å². The van der Waals surface area contributed by atoms with Gasteiger partial charge in [-0.05, 0) is 40.5 Å². The van der Waals surface area contributed by atoms with Crippen molar-refractivity contribution in [3.8, 4) is 5.75 Å². The first-order valence-corrected chi connectivity index (χ1v) is 6.55. The molecule has 0 atom stereocenters. The summed E-state index contributed by atoms with van der Waals surface area (Å²) >= 11 is 3.43. The first-order chi connectivity index (χ1) is 9.13. The summed E-state index contributed by atoms with van der Waals surface area (Å²) in [4.78, 5) is 8.47. The largest absolute Gasteiger partial charge is 0.495 e. The topological polar surface area (TPSA) is 59.1 Å². The minimum Gasteiger partial charge on any atom is -0.495 e. The quantitative estimate of drug-likeness (QED) is 0.904. The second-order valence-corrected chi connectivity index (χ2v) is 4.82. The summed E-state index contributed by atoms with van der Waals surface area (Å²) in [6.45, 7) is 2.03. The van der Waals surface area contributed by atoms with Crippen molar-refractivity contribution in [2.24, 2.45) is 0 Å². The molecule has 0 aliphatic carbocycles. The molecule has 19 heavy (non-hydrogen) atoms. The molecule has 0 fully saturated rings. The van der Waals surface area contributed by atoms with E-state index < -0.39 is 0 Å². The van der Waals surface area contributed by atoms with Gasteiger partial charge in [-0.25, -0.2) is 4.98 Å². The van der Waals surface area contributed by atoms with E-state index in [0.717, 1.165) is 21.5 Å². The standard InChI is InChI=1S/C13H15BrN4O/c1-8-4-5-11(19-3)10(6-8)17-12-9(14)7-16-13(15-2)18-12/h4-7H,1-3H3,(H2,15,16,17,18). The van der Waals surface area contributed by atoms with Crippen LogP contribution in [0.4, 0.5) is 17.5 Å². The maximum Gasteiger partial charge on any atom is 0.224 e. The number of hydrogen-bond donors (Lipinski definition) is 2. The first-order valence-electron chi connectivity index (χ1n) is 5.76. The molecule has 5 nitrogen and oxygen atoms in total. The average molecular weight is 323 g/mol. The summed E-state index contributed by atoms with van der Waals surface area (Å²) in [5.41, 5.74) is 2.01. The Kier molecular flexibility index (Phi) is 4.21. The van der Waals surface area contributed by atoms with Crippen molar-refractivity contribution in [3.63, 3.8) is 0 Å². The molecule has 0 aliphatic rings. The molecule has 0 aliphatic heterocycles. The van der Waals surface area contributed by atoms with Crippen LogP contribution in [-0.2, 0) is 0 Å². The van der Waals surface area contributed by atoms with Gasteiger partial charge in [-0.15, -0.1) is 0 Å². The molecule has 2 rings (SSSR count). The zero-order valence-corrected chi connectivity index (χ0v) is 12.6. The summed E-state index contributed by atoms with van der Waals surface area (Å²) in [6, 6.07) is 5.93. The Morgan fingerprint density at radius 1 is 1.32 bits per heavy atom. The van der Waals surface area contributed by atoms with Crippen LogP contribution in [0.1, 0.15) is 5.56 Å². The summed E-state index contributed by atoms with van der Waals surface area (Å²) in [5.74, 6) is 2.00. The van der Waals surface area contributed by atoms with Crippen molar-refractivity contribution < 1.29 is 4.74 Å². The molecular formula is C13H15BrN4O. The number of ether oxygens (including phenoxy) is 1. The Morgan fingerprint density at radius 3 is 2.79 bits per heavy atom. The predicted octanol–water partition coefficient (Wildman–Crippen LogP) is 3.34. The molecule has 1 aromatic heterocycles. The van der Waals surface area contributed by atoms with Crippen LogP contribution in [0.5, 0.6) is 5.75 Å². The van der Waals surface area contributed by atoms with Crippen LogP contribution in [0.3, 0.4) is 0 Å². The second-order valence-electron chi connectivity index (χ2n) is 3.97. The van der Waals surface area contributed by atoms with Gasteiger partial charge in [0.2, 0.25) is 5.95 Å². The number of halogens is 1. The molecule has 0 bridgehead atoms. The highest BCUT2D eigenvalue weighted by Gasteiger charge is 2.08. The molecule has 2 N–H and O–H groups in total. The van der Waals surface area contributed by atoms with Gasteiger partial charge < -0.3 is 15.4 Å². The second kappa shape index (κ2) is 5.88. The fourth-order valence-electron chi connectivity index (χ4n) is 1.62. The van der Waals surface area contributed by atoms with Crippen molar-refractivity contribution in [3.05, 3.63) is 34.4 Å². The highest BCUT2D eigenvalue weighted by Crippen LogP contribution is 2.30. The van der Waals surface area contributed by atoms with E-state index in [2.05, 4.69) is 36.5 Å². The number of nitrogens with one attached hydrogen (secondary N) is 2. The highest BCUT2D eigenvalue weighted by atomic mass is 79.9. The van der Waals surface area contributed by atoms with Crippen molar-refractivity contribution >= 4 is 33.4 Å². The molecule has 0 saturated carbocycles. The lowest BCUT2D eigenvalue weighted by Gasteiger charge is -2.13. The number of aromatic nitrogens is 2. The zero-order valence-electron chi connectivity index (χ0n) is 11.0. The minimum atomic E-state index is 0.553. The van der Waals surface area contributed by atoms with Crippen LogP contribution in [0.15, 0.2) is 28.9 Å². The van der Waals surface area contributed by atoms with E-state index in [1.807, 2.05) is 25.1 Å². The number of aryl methyl sites for hydroxylation is 1. The van der Waals surface area contributed by atoms with Gasteiger partial charge in [-0.3, -0.25) is 0 Å². The lowest BCUT2D eigenvalue weighted by Crippen LogP contribution is -2.02. The van der Waals surface area contributed by atoms with E-state index in [4.69, 9.17) is 4.74 Å². The number of anilines is 3. The molecule has 0 spiro atoms. The predicted molar refractivity (Wildman–Crippen MR) is 80.3 cm³/mol. The van der Waals surface area contributed by atoms with Crippen molar-refractivity contribution in [1.82, 2.24) is 9.97 Å². The SMILES string of the molecule is CNc1ncc(Br)c(Nc2cc(C)ccc2OC)n1. The smallest absolute Gasteiger partial charge is 0.224 e. The third kappa shape index (κ3) is 3.14. The normalized spacial score (nSPS) is 10.1. The molecule has 2 aromatic rings. The fourth-order valence-corrected chi connectivity index (χ4v) is 1.91. The minimum absolute atomic E-state index is 0.553. The maximum absolute atomic E-state index is 5.33. The van der Waals surface area contributed by atoms with Gasteiger partial charge in [0, 0.05) is 13.2 Å². The molecule has 0 amide bonds. The molecular weight excluding hydrogens is 308 g/mol. The maximum atomic E-state index is 5.33. The van der Waals surface area contributed by atoms with E-state index in [9.17, 15) is 0 Å². The Balaban J connectivity index is 2.37. The Bertz CT molecular complexity index is 589. The lowest BCUT2D eigenvalue weighted by molar-refractivity contribution is 0.416. The first kappa shape index (κ1) is 13.6. The summed E-state index contributed by atoms with van der Waals surface area (Å²) in [5, 5.41) is 6.15. The van der Waals surface area contributed by atoms with E-state index in [1.165, 1.54) is 0 Å².